The number of amides is 1. The molecule has 1 aromatic rings. The summed E-state index contributed by atoms with van der Waals surface area (Å²) in [5.41, 5.74) is 1.01. The Morgan fingerprint density at radius 1 is 1.37 bits per heavy atom. The smallest absolute Gasteiger partial charge is 0.223 e. The first kappa shape index (κ1) is 13.8. The Hall–Kier alpha value is -1.65. The minimum atomic E-state index is 0.173. The minimum absolute atomic E-state index is 0.173. The molecule has 1 aromatic heterocycles. The van der Waals surface area contributed by atoms with Crippen molar-refractivity contribution < 1.29 is 4.79 Å². The summed E-state index contributed by atoms with van der Waals surface area (Å²) in [6.07, 6.45) is 4.06. The molecule has 1 atom stereocenters. The standard InChI is InChI=1S/C14H22N4O/c1-14(2,3)10-5-13(19)18(8-10)9-11-6-17-12(15-4)7-16-11/h6-7,10H,5,8-9H2,1-4H3,(H,15,17). The third-order valence-corrected chi connectivity index (χ3v) is 3.75. The van der Waals surface area contributed by atoms with Crippen molar-refractivity contribution in [3.63, 3.8) is 0 Å². The van der Waals surface area contributed by atoms with Gasteiger partial charge in [0.05, 0.1) is 24.6 Å². The van der Waals surface area contributed by atoms with E-state index in [9.17, 15) is 4.79 Å². The molecule has 0 saturated carbocycles. The van der Waals surface area contributed by atoms with Crippen LogP contribution in [0.25, 0.3) is 0 Å². The van der Waals surface area contributed by atoms with Crippen molar-refractivity contribution in [3.8, 4) is 0 Å². The van der Waals surface area contributed by atoms with Crippen LogP contribution in [0.2, 0.25) is 0 Å². The second kappa shape index (κ2) is 5.15. The molecule has 1 unspecified atom stereocenters. The molecule has 1 fully saturated rings. The number of anilines is 1. The molecule has 5 nitrogen and oxygen atoms in total. The minimum Gasteiger partial charge on any atom is -0.372 e. The van der Waals surface area contributed by atoms with Crippen LogP contribution in [-0.4, -0.2) is 34.4 Å². The largest absolute Gasteiger partial charge is 0.372 e. The lowest BCUT2D eigenvalue weighted by Gasteiger charge is -2.26. The van der Waals surface area contributed by atoms with Crippen molar-refractivity contribution in [2.75, 3.05) is 18.9 Å². The Kier molecular flexibility index (Phi) is 3.73. The SMILES string of the molecule is CNc1cnc(CN2CC(C(C)(C)C)CC2=O)cn1. The van der Waals surface area contributed by atoms with Crippen molar-refractivity contribution >= 4 is 11.7 Å². The summed E-state index contributed by atoms with van der Waals surface area (Å²) >= 11 is 0. The number of carbonyl (C=O) groups excluding carboxylic acids is 1. The topological polar surface area (TPSA) is 58.1 Å². The summed E-state index contributed by atoms with van der Waals surface area (Å²) in [5, 5.41) is 2.93. The highest BCUT2D eigenvalue weighted by atomic mass is 16.2. The van der Waals surface area contributed by atoms with E-state index >= 15 is 0 Å². The van der Waals surface area contributed by atoms with Gasteiger partial charge in [0.1, 0.15) is 5.82 Å². The van der Waals surface area contributed by atoms with Crippen LogP contribution < -0.4 is 5.32 Å². The molecule has 2 heterocycles. The Balaban J connectivity index is 2.01. The summed E-state index contributed by atoms with van der Waals surface area (Å²) in [5.74, 6) is 1.38. The van der Waals surface area contributed by atoms with Gasteiger partial charge >= 0.3 is 0 Å². The van der Waals surface area contributed by atoms with Crippen LogP contribution >= 0.6 is 0 Å². The quantitative estimate of drug-likeness (QED) is 0.904. The third-order valence-electron chi connectivity index (χ3n) is 3.75. The zero-order valence-corrected chi connectivity index (χ0v) is 12.1. The second-order valence-corrected chi connectivity index (χ2v) is 6.18. The third kappa shape index (κ3) is 3.22. The van der Waals surface area contributed by atoms with E-state index in [1.807, 2.05) is 11.9 Å². The number of likely N-dealkylation sites (tertiary alicyclic amines) is 1. The van der Waals surface area contributed by atoms with Gasteiger partial charge in [-0.1, -0.05) is 20.8 Å². The highest BCUT2D eigenvalue weighted by Gasteiger charge is 2.36. The van der Waals surface area contributed by atoms with E-state index in [2.05, 4.69) is 36.1 Å². The molecule has 0 bridgehead atoms. The van der Waals surface area contributed by atoms with E-state index in [4.69, 9.17) is 0 Å². The predicted octanol–water partition coefficient (Wildman–Crippen LogP) is 1.91. The number of hydrogen-bond donors (Lipinski definition) is 1. The van der Waals surface area contributed by atoms with Gasteiger partial charge < -0.3 is 10.2 Å². The Bertz CT molecular complexity index is 450. The van der Waals surface area contributed by atoms with Crippen LogP contribution in [0.3, 0.4) is 0 Å². The number of hydrogen-bond acceptors (Lipinski definition) is 4. The van der Waals surface area contributed by atoms with E-state index in [1.54, 1.807) is 12.4 Å². The number of carbonyl (C=O) groups is 1. The van der Waals surface area contributed by atoms with Crippen molar-refractivity contribution in [3.05, 3.63) is 18.1 Å². The summed E-state index contributed by atoms with van der Waals surface area (Å²) in [6.45, 7) is 7.95. The number of nitrogens with zero attached hydrogens (tertiary/aromatic N) is 3. The average Bonchev–Trinajstić information content (AvgIpc) is 2.72. The van der Waals surface area contributed by atoms with Crippen LogP contribution in [-0.2, 0) is 11.3 Å². The molecule has 1 saturated heterocycles. The predicted molar refractivity (Wildman–Crippen MR) is 74.6 cm³/mol. The summed E-state index contributed by atoms with van der Waals surface area (Å²) in [6, 6.07) is 0. The fraction of sp³-hybridized carbons (Fsp3) is 0.643. The van der Waals surface area contributed by atoms with E-state index in [-0.39, 0.29) is 11.3 Å². The molecule has 1 aliphatic heterocycles. The first-order valence-electron chi connectivity index (χ1n) is 6.66. The zero-order valence-electron chi connectivity index (χ0n) is 12.1. The number of aromatic nitrogens is 2. The summed E-state index contributed by atoms with van der Waals surface area (Å²) in [7, 11) is 1.81. The molecule has 1 amide bonds. The maximum atomic E-state index is 12.0. The zero-order chi connectivity index (χ0) is 14.0. The molecule has 0 spiro atoms. The lowest BCUT2D eigenvalue weighted by atomic mass is 9.80. The molecule has 0 radical (unpaired) electrons. The van der Waals surface area contributed by atoms with Gasteiger partial charge in [0, 0.05) is 20.0 Å². The first-order valence-corrected chi connectivity index (χ1v) is 6.66. The van der Waals surface area contributed by atoms with Crippen molar-refractivity contribution in [1.29, 1.82) is 0 Å². The van der Waals surface area contributed by atoms with Gasteiger partial charge in [0.25, 0.3) is 0 Å². The van der Waals surface area contributed by atoms with E-state index in [0.29, 0.717) is 18.9 Å². The van der Waals surface area contributed by atoms with Crippen LogP contribution in [0.1, 0.15) is 32.9 Å². The molecule has 104 valence electrons. The Labute approximate surface area is 114 Å². The summed E-state index contributed by atoms with van der Waals surface area (Å²) in [4.78, 5) is 22.4. The van der Waals surface area contributed by atoms with Crippen molar-refractivity contribution in [1.82, 2.24) is 14.9 Å². The van der Waals surface area contributed by atoms with Gasteiger partial charge in [0.15, 0.2) is 0 Å². The lowest BCUT2D eigenvalue weighted by Crippen LogP contribution is -2.27. The van der Waals surface area contributed by atoms with Gasteiger partial charge in [-0.05, 0) is 11.3 Å². The molecule has 2 rings (SSSR count). The number of rotatable bonds is 3. The van der Waals surface area contributed by atoms with Gasteiger partial charge in [-0.2, -0.15) is 0 Å². The highest BCUT2D eigenvalue weighted by Crippen LogP contribution is 2.34. The van der Waals surface area contributed by atoms with E-state index in [0.717, 1.165) is 18.1 Å². The van der Waals surface area contributed by atoms with Crippen LogP contribution in [0.15, 0.2) is 12.4 Å². The molecule has 19 heavy (non-hydrogen) atoms. The van der Waals surface area contributed by atoms with Gasteiger partial charge in [-0.3, -0.25) is 9.78 Å². The molecular formula is C14H22N4O. The molecule has 0 aliphatic carbocycles. The molecular weight excluding hydrogens is 240 g/mol. The summed E-state index contributed by atoms with van der Waals surface area (Å²) < 4.78 is 0. The van der Waals surface area contributed by atoms with Crippen molar-refractivity contribution in [2.45, 2.75) is 33.7 Å². The average molecular weight is 262 g/mol. The molecule has 0 aromatic carbocycles. The Morgan fingerprint density at radius 2 is 2.11 bits per heavy atom. The molecule has 5 heteroatoms. The monoisotopic (exact) mass is 262 g/mol. The lowest BCUT2D eigenvalue weighted by molar-refractivity contribution is -0.128. The van der Waals surface area contributed by atoms with Gasteiger partial charge in [0.2, 0.25) is 5.91 Å². The maximum absolute atomic E-state index is 12.0. The van der Waals surface area contributed by atoms with Crippen LogP contribution in [0.4, 0.5) is 5.82 Å². The second-order valence-electron chi connectivity index (χ2n) is 6.18. The van der Waals surface area contributed by atoms with E-state index in [1.165, 1.54) is 0 Å². The maximum Gasteiger partial charge on any atom is 0.223 e. The van der Waals surface area contributed by atoms with Crippen molar-refractivity contribution in [2.24, 2.45) is 11.3 Å². The van der Waals surface area contributed by atoms with Crippen LogP contribution in [0.5, 0.6) is 0 Å². The first-order chi connectivity index (χ1) is 8.90. The molecule has 1 N–H and O–H groups in total. The fourth-order valence-electron chi connectivity index (χ4n) is 2.27. The number of nitrogens with one attached hydrogen (secondary N) is 1. The van der Waals surface area contributed by atoms with Gasteiger partial charge in [-0.25, -0.2) is 4.98 Å². The van der Waals surface area contributed by atoms with E-state index < -0.39 is 0 Å². The molecule has 1 aliphatic rings. The van der Waals surface area contributed by atoms with Gasteiger partial charge in [-0.15, -0.1) is 0 Å². The fourth-order valence-corrected chi connectivity index (χ4v) is 2.27. The Morgan fingerprint density at radius 3 is 2.58 bits per heavy atom. The van der Waals surface area contributed by atoms with Crippen LogP contribution in [0, 0.1) is 11.3 Å². The highest BCUT2D eigenvalue weighted by molar-refractivity contribution is 5.78. The normalized spacial score (nSPS) is 19.9.